The molecule has 1 rings (SSSR count). The van der Waals surface area contributed by atoms with E-state index in [1.807, 2.05) is 7.05 Å². The molecule has 0 aromatic heterocycles. The second-order valence-electron chi connectivity index (χ2n) is 3.74. The average molecular weight is 238 g/mol. The Kier molecular flexibility index (Phi) is 5.42. The van der Waals surface area contributed by atoms with Crippen LogP contribution in [0, 0.1) is 5.82 Å². The first-order valence-electron chi connectivity index (χ1n) is 5.69. The summed E-state index contributed by atoms with van der Waals surface area (Å²) in [6.45, 7) is 2.83. The number of hydrogen-bond donors (Lipinski definition) is 2. The van der Waals surface area contributed by atoms with Crippen LogP contribution in [0.5, 0.6) is 0 Å². The lowest BCUT2D eigenvalue weighted by Gasteiger charge is -2.20. The van der Waals surface area contributed by atoms with E-state index < -0.39 is 0 Å². The van der Waals surface area contributed by atoms with Crippen LogP contribution in [-0.2, 0) is 0 Å². The van der Waals surface area contributed by atoms with E-state index >= 15 is 0 Å². The smallest absolute Gasteiger partial charge is 0.212 e. The molecule has 0 aliphatic rings. The maximum atomic E-state index is 12.8. The van der Waals surface area contributed by atoms with Gasteiger partial charge >= 0.3 is 0 Å². The quantitative estimate of drug-likeness (QED) is 0.277. The molecule has 17 heavy (non-hydrogen) atoms. The predicted octanol–water partition coefficient (Wildman–Crippen LogP) is 1.88. The second kappa shape index (κ2) is 6.85. The highest BCUT2D eigenvalue weighted by Crippen LogP contribution is 2.12. The molecule has 0 spiro atoms. The summed E-state index contributed by atoms with van der Waals surface area (Å²) >= 11 is 0. The molecule has 0 bridgehead atoms. The summed E-state index contributed by atoms with van der Waals surface area (Å²) in [5, 5.41) is 0. The number of aliphatic imine (C=N–C) groups is 1. The van der Waals surface area contributed by atoms with Gasteiger partial charge < -0.3 is 4.90 Å². The number of rotatable bonds is 4. The van der Waals surface area contributed by atoms with Crippen LogP contribution < -0.4 is 16.2 Å². The number of nitrogens with zero attached hydrogens (tertiary/aromatic N) is 2. The molecular weight excluding hydrogens is 219 g/mol. The topological polar surface area (TPSA) is 53.6 Å². The summed E-state index contributed by atoms with van der Waals surface area (Å²) in [4.78, 5) is 6.13. The molecule has 0 aliphatic carbocycles. The first-order valence-corrected chi connectivity index (χ1v) is 5.69. The third-order valence-electron chi connectivity index (χ3n) is 2.43. The molecule has 0 saturated heterocycles. The lowest BCUT2D eigenvalue weighted by Crippen LogP contribution is -2.43. The number of nitrogens with two attached hydrogens (primary N) is 1. The van der Waals surface area contributed by atoms with Gasteiger partial charge in [0.05, 0.1) is 0 Å². The van der Waals surface area contributed by atoms with Gasteiger partial charge in [-0.1, -0.05) is 13.3 Å². The molecule has 94 valence electrons. The van der Waals surface area contributed by atoms with Gasteiger partial charge in [-0.05, 0) is 30.7 Å². The molecule has 0 fully saturated rings. The Morgan fingerprint density at radius 2 is 2.06 bits per heavy atom. The van der Waals surface area contributed by atoms with Crippen LogP contribution in [0.4, 0.5) is 10.1 Å². The number of unbranched alkanes of at least 4 members (excludes halogenated alkanes) is 1. The van der Waals surface area contributed by atoms with Crippen LogP contribution in [0.15, 0.2) is 29.3 Å². The zero-order chi connectivity index (χ0) is 12.7. The number of nitrogens with one attached hydrogen (secondary N) is 1. The molecule has 0 unspecified atom stereocenters. The van der Waals surface area contributed by atoms with Gasteiger partial charge in [0.15, 0.2) is 0 Å². The molecular formula is C12H19FN4. The van der Waals surface area contributed by atoms with Gasteiger partial charge in [0, 0.05) is 19.3 Å². The first-order chi connectivity index (χ1) is 8.19. The number of halogens is 1. The summed E-state index contributed by atoms with van der Waals surface area (Å²) in [6, 6.07) is 6.18. The normalized spacial score (nSPS) is 11.4. The Morgan fingerprint density at radius 3 is 2.59 bits per heavy atom. The van der Waals surface area contributed by atoms with E-state index in [4.69, 9.17) is 5.84 Å². The Balaban J connectivity index is 2.74. The fourth-order valence-electron chi connectivity index (χ4n) is 1.38. The Hall–Kier alpha value is -1.62. The Bertz CT molecular complexity index is 361. The SMILES string of the molecule is CCCCN=C(NN)N(C)c1ccc(F)cc1. The van der Waals surface area contributed by atoms with Gasteiger partial charge in [-0.15, -0.1) is 0 Å². The molecule has 1 aromatic rings. The maximum Gasteiger partial charge on any atom is 0.212 e. The fraction of sp³-hybridized carbons (Fsp3) is 0.417. The number of guanidine groups is 1. The van der Waals surface area contributed by atoms with Crippen molar-refractivity contribution < 1.29 is 4.39 Å². The molecule has 0 heterocycles. The van der Waals surface area contributed by atoms with Crippen molar-refractivity contribution in [1.29, 1.82) is 0 Å². The molecule has 5 heteroatoms. The molecule has 0 atom stereocenters. The van der Waals surface area contributed by atoms with Gasteiger partial charge in [0.2, 0.25) is 5.96 Å². The third kappa shape index (κ3) is 4.03. The number of hydrazine groups is 1. The Labute approximate surface area is 101 Å². The zero-order valence-corrected chi connectivity index (χ0v) is 10.3. The molecule has 0 amide bonds. The minimum Gasteiger partial charge on any atom is -0.315 e. The lowest BCUT2D eigenvalue weighted by atomic mass is 10.3. The van der Waals surface area contributed by atoms with Crippen molar-refractivity contribution in [3.8, 4) is 0 Å². The second-order valence-corrected chi connectivity index (χ2v) is 3.74. The largest absolute Gasteiger partial charge is 0.315 e. The highest BCUT2D eigenvalue weighted by molar-refractivity contribution is 5.95. The Morgan fingerprint density at radius 1 is 1.41 bits per heavy atom. The molecule has 3 N–H and O–H groups in total. The number of benzene rings is 1. The van der Waals surface area contributed by atoms with E-state index in [1.54, 1.807) is 17.0 Å². The monoisotopic (exact) mass is 238 g/mol. The summed E-state index contributed by atoms with van der Waals surface area (Å²) in [5.74, 6) is 5.74. The van der Waals surface area contributed by atoms with Crippen LogP contribution in [0.2, 0.25) is 0 Å². The van der Waals surface area contributed by atoms with Crippen molar-refractivity contribution in [3.05, 3.63) is 30.1 Å². The van der Waals surface area contributed by atoms with Crippen molar-refractivity contribution in [3.63, 3.8) is 0 Å². The van der Waals surface area contributed by atoms with Crippen LogP contribution in [0.3, 0.4) is 0 Å². The predicted molar refractivity (Wildman–Crippen MR) is 69.3 cm³/mol. The van der Waals surface area contributed by atoms with Gasteiger partial charge in [0.25, 0.3) is 0 Å². The van der Waals surface area contributed by atoms with Gasteiger partial charge in [-0.25, -0.2) is 10.2 Å². The van der Waals surface area contributed by atoms with E-state index in [2.05, 4.69) is 17.3 Å². The first kappa shape index (κ1) is 13.4. The maximum absolute atomic E-state index is 12.8. The molecule has 0 radical (unpaired) electrons. The van der Waals surface area contributed by atoms with Crippen molar-refractivity contribution in [2.45, 2.75) is 19.8 Å². The van der Waals surface area contributed by atoms with Crippen LogP contribution >= 0.6 is 0 Å². The van der Waals surface area contributed by atoms with Crippen molar-refractivity contribution >= 4 is 11.6 Å². The van der Waals surface area contributed by atoms with E-state index in [-0.39, 0.29) is 5.82 Å². The minimum absolute atomic E-state index is 0.257. The summed E-state index contributed by atoms with van der Waals surface area (Å²) in [6.07, 6.45) is 2.10. The minimum atomic E-state index is -0.257. The van der Waals surface area contributed by atoms with Crippen molar-refractivity contribution in [1.82, 2.24) is 5.43 Å². The van der Waals surface area contributed by atoms with E-state index in [0.717, 1.165) is 25.1 Å². The molecule has 0 aliphatic heterocycles. The van der Waals surface area contributed by atoms with Crippen molar-refractivity contribution in [2.75, 3.05) is 18.5 Å². The van der Waals surface area contributed by atoms with Gasteiger partial charge in [0.1, 0.15) is 5.82 Å². The average Bonchev–Trinajstić information content (AvgIpc) is 2.35. The van der Waals surface area contributed by atoms with Crippen LogP contribution in [-0.4, -0.2) is 19.6 Å². The van der Waals surface area contributed by atoms with Crippen LogP contribution in [0.1, 0.15) is 19.8 Å². The standard InChI is InChI=1S/C12H19FN4/c1-3-4-9-15-12(16-14)17(2)11-7-5-10(13)6-8-11/h5-8H,3-4,9,14H2,1-2H3,(H,15,16). The molecule has 1 aromatic carbocycles. The van der Waals surface area contributed by atoms with Crippen LogP contribution in [0.25, 0.3) is 0 Å². The van der Waals surface area contributed by atoms with E-state index in [1.165, 1.54) is 12.1 Å². The number of anilines is 1. The van der Waals surface area contributed by atoms with E-state index in [9.17, 15) is 4.39 Å². The molecule has 0 saturated carbocycles. The summed E-state index contributed by atoms with van der Waals surface area (Å²) < 4.78 is 12.8. The fourth-order valence-corrected chi connectivity index (χ4v) is 1.38. The number of hydrogen-bond acceptors (Lipinski definition) is 2. The van der Waals surface area contributed by atoms with E-state index in [0.29, 0.717) is 5.96 Å². The van der Waals surface area contributed by atoms with Gasteiger partial charge in [-0.2, -0.15) is 0 Å². The summed E-state index contributed by atoms with van der Waals surface area (Å²) in [7, 11) is 1.83. The third-order valence-corrected chi connectivity index (χ3v) is 2.43. The summed E-state index contributed by atoms with van der Waals surface area (Å²) in [5.41, 5.74) is 3.39. The molecule has 4 nitrogen and oxygen atoms in total. The highest BCUT2D eigenvalue weighted by Gasteiger charge is 2.06. The van der Waals surface area contributed by atoms with Crippen molar-refractivity contribution in [2.24, 2.45) is 10.8 Å². The highest BCUT2D eigenvalue weighted by atomic mass is 19.1. The zero-order valence-electron chi connectivity index (χ0n) is 10.3. The van der Waals surface area contributed by atoms with Gasteiger partial charge in [-0.3, -0.25) is 10.4 Å². The lowest BCUT2D eigenvalue weighted by molar-refractivity contribution is 0.628.